The number of Topliss-reactive ketones (excluding diaryl/α,β-unsaturated/α-hetero) is 1. The molecule has 0 N–H and O–H groups in total. The van der Waals surface area contributed by atoms with E-state index in [1.807, 2.05) is 13.0 Å². The number of carbonyl (C=O) groups excluding carboxylic acids is 1. The van der Waals surface area contributed by atoms with Crippen molar-refractivity contribution >= 4 is 27.3 Å². The van der Waals surface area contributed by atoms with Crippen LogP contribution >= 0.6 is 11.3 Å². The van der Waals surface area contributed by atoms with Gasteiger partial charge in [0.1, 0.15) is 4.83 Å². The number of fused-ring (bicyclic) bond motifs is 2. The molecule has 1 aliphatic carbocycles. The molecule has 0 amide bonds. The maximum atomic E-state index is 11.7. The summed E-state index contributed by atoms with van der Waals surface area (Å²) in [5, 5.41) is 1.15. The molecule has 0 saturated heterocycles. The van der Waals surface area contributed by atoms with E-state index in [0.717, 1.165) is 27.9 Å². The predicted molar refractivity (Wildman–Crippen MR) is 70.9 cm³/mol. The van der Waals surface area contributed by atoms with E-state index in [9.17, 15) is 4.79 Å². The van der Waals surface area contributed by atoms with Crippen LogP contribution < -0.4 is 0 Å². The molecule has 0 atom stereocenters. The first-order valence-electron chi connectivity index (χ1n) is 6.23. The Morgan fingerprint density at radius 3 is 3.00 bits per heavy atom. The van der Waals surface area contributed by atoms with E-state index in [0.29, 0.717) is 6.42 Å². The van der Waals surface area contributed by atoms with Gasteiger partial charge in [-0.3, -0.25) is 4.79 Å². The monoisotopic (exact) mass is 245 g/mol. The summed E-state index contributed by atoms with van der Waals surface area (Å²) in [5.74, 6) is 0.228. The predicted octanol–water partition coefficient (Wildman–Crippen LogP) is 3.77. The Hall–Kier alpha value is -1.22. The molecule has 2 nitrogen and oxygen atoms in total. The van der Waals surface area contributed by atoms with Crippen LogP contribution in [0.1, 0.15) is 47.1 Å². The van der Waals surface area contributed by atoms with E-state index in [1.54, 1.807) is 11.3 Å². The molecular formula is C14H15NOS. The van der Waals surface area contributed by atoms with Gasteiger partial charge in [-0.05, 0) is 43.4 Å². The first-order valence-corrected chi connectivity index (χ1v) is 7.05. The molecule has 3 heteroatoms. The van der Waals surface area contributed by atoms with Crippen molar-refractivity contribution in [3.8, 4) is 0 Å². The van der Waals surface area contributed by atoms with Gasteiger partial charge in [-0.1, -0.05) is 6.92 Å². The molecule has 0 aromatic carbocycles. The molecule has 2 aromatic rings. The van der Waals surface area contributed by atoms with Gasteiger partial charge >= 0.3 is 0 Å². The van der Waals surface area contributed by atoms with Gasteiger partial charge in [-0.2, -0.15) is 0 Å². The van der Waals surface area contributed by atoms with Crippen molar-refractivity contribution in [3.63, 3.8) is 0 Å². The first-order chi connectivity index (χ1) is 8.28. The summed E-state index contributed by atoms with van der Waals surface area (Å²) in [5.41, 5.74) is 2.64. The molecule has 0 fully saturated rings. The highest BCUT2D eigenvalue weighted by atomic mass is 32.1. The largest absolute Gasteiger partial charge is 0.293 e. The molecule has 2 heterocycles. The molecule has 1 aliphatic rings. The normalized spacial score (nSPS) is 14.9. The lowest BCUT2D eigenvalue weighted by atomic mass is 9.95. The second kappa shape index (κ2) is 4.22. The van der Waals surface area contributed by atoms with Gasteiger partial charge in [0.2, 0.25) is 0 Å². The van der Waals surface area contributed by atoms with Gasteiger partial charge < -0.3 is 0 Å². The summed E-state index contributed by atoms with van der Waals surface area (Å²) < 4.78 is 0. The van der Waals surface area contributed by atoms with Crippen LogP contribution in [0.15, 0.2) is 12.1 Å². The summed E-state index contributed by atoms with van der Waals surface area (Å²) in [7, 11) is 0. The van der Waals surface area contributed by atoms with Crippen molar-refractivity contribution in [2.75, 3.05) is 0 Å². The van der Waals surface area contributed by atoms with Gasteiger partial charge in [0.05, 0.1) is 4.88 Å². The first kappa shape index (κ1) is 10.9. The SMILES string of the molecule is CCC(=O)c1cc2cc3c(nc2s1)CCCC3. The molecule has 88 valence electrons. The Labute approximate surface area is 105 Å². The van der Waals surface area contributed by atoms with Crippen LogP contribution in [0.2, 0.25) is 0 Å². The van der Waals surface area contributed by atoms with Crippen LogP contribution in [-0.2, 0) is 12.8 Å². The molecule has 3 rings (SSSR count). The molecule has 0 saturated carbocycles. The maximum Gasteiger partial charge on any atom is 0.172 e. The third-order valence-corrected chi connectivity index (χ3v) is 4.47. The second-order valence-electron chi connectivity index (χ2n) is 4.58. The van der Waals surface area contributed by atoms with Crippen LogP contribution in [0, 0.1) is 0 Å². The number of thiophene rings is 1. The molecule has 0 aliphatic heterocycles. The molecule has 0 unspecified atom stereocenters. The number of carbonyl (C=O) groups is 1. The van der Waals surface area contributed by atoms with E-state index >= 15 is 0 Å². The van der Waals surface area contributed by atoms with E-state index in [4.69, 9.17) is 4.98 Å². The summed E-state index contributed by atoms with van der Waals surface area (Å²) in [4.78, 5) is 18.3. The summed E-state index contributed by atoms with van der Waals surface area (Å²) in [6.45, 7) is 1.91. The van der Waals surface area contributed by atoms with Crippen molar-refractivity contribution < 1.29 is 4.79 Å². The lowest BCUT2D eigenvalue weighted by molar-refractivity contribution is 0.0992. The van der Waals surface area contributed by atoms with Crippen LogP contribution in [0.3, 0.4) is 0 Å². The highest BCUT2D eigenvalue weighted by Gasteiger charge is 2.15. The summed E-state index contributed by atoms with van der Waals surface area (Å²) in [6, 6.07) is 4.24. The number of pyridine rings is 1. The van der Waals surface area contributed by atoms with E-state index in [-0.39, 0.29) is 5.78 Å². The van der Waals surface area contributed by atoms with Crippen LogP contribution in [0.5, 0.6) is 0 Å². The molecule has 0 radical (unpaired) electrons. The van der Waals surface area contributed by atoms with Crippen LogP contribution in [0.4, 0.5) is 0 Å². The molecule has 17 heavy (non-hydrogen) atoms. The molecular weight excluding hydrogens is 230 g/mol. The molecule has 0 spiro atoms. The number of aryl methyl sites for hydroxylation is 2. The second-order valence-corrected chi connectivity index (χ2v) is 5.61. The van der Waals surface area contributed by atoms with Crippen molar-refractivity contribution in [1.29, 1.82) is 0 Å². The zero-order valence-corrected chi connectivity index (χ0v) is 10.8. The van der Waals surface area contributed by atoms with Crippen LogP contribution in [0.25, 0.3) is 10.2 Å². The number of rotatable bonds is 2. The van der Waals surface area contributed by atoms with Crippen molar-refractivity contribution in [1.82, 2.24) is 4.98 Å². The zero-order chi connectivity index (χ0) is 11.8. The van der Waals surface area contributed by atoms with Gasteiger partial charge in [-0.25, -0.2) is 4.98 Å². The zero-order valence-electron chi connectivity index (χ0n) is 9.95. The Morgan fingerprint density at radius 2 is 2.18 bits per heavy atom. The minimum Gasteiger partial charge on any atom is -0.293 e. The lowest BCUT2D eigenvalue weighted by Crippen LogP contribution is -2.04. The quantitative estimate of drug-likeness (QED) is 0.754. The van der Waals surface area contributed by atoms with Crippen molar-refractivity contribution in [2.45, 2.75) is 39.0 Å². The van der Waals surface area contributed by atoms with E-state index in [1.165, 1.54) is 24.1 Å². The lowest BCUT2D eigenvalue weighted by Gasteiger charge is -2.13. The van der Waals surface area contributed by atoms with Gasteiger partial charge in [0.25, 0.3) is 0 Å². The Balaban J connectivity index is 2.12. The molecule has 0 bridgehead atoms. The fourth-order valence-electron chi connectivity index (χ4n) is 2.40. The summed E-state index contributed by atoms with van der Waals surface area (Å²) >= 11 is 1.54. The smallest absolute Gasteiger partial charge is 0.172 e. The van der Waals surface area contributed by atoms with Gasteiger partial charge in [-0.15, -0.1) is 11.3 Å². The number of aromatic nitrogens is 1. The van der Waals surface area contributed by atoms with Crippen molar-refractivity contribution in [2.24, 2.45) is 0 Å². The fraction of sp³-hybridized carbons (Fsp3) is 0.429. The average Bonchev–Trinajstić information content (AvgIpc) is 2.77. The Morgan fingerprint density at radius 1 is 1.35 bits per heavy atom. The number of ketones is 1. The Kier molecular flexibility index (Phi) is 2.71. The minimum absolute atomic E-state index is 0.228. The highest BCUT2D eigenvalue weighted by Crippen LogP contribution is 2.29. The number of hydrogen-bond donors (Lipinski definition) is 0. The standard InChI is InChI=1S/C14H15NOS/c1-2-12(16)13-8-10-7-9-5-3-4-6-11(9)15-14(10)17-13/h7-8H,2-6H2,1H3. The Bertz CT molecular complexity index is 542. The average molecular weight is 245 g/mol. The number of hydrogen-bond acceptors (Lipinski definition) is 3. The van der Waals surface area contributed by atoms with Crippen LogP contribution in [-0.4, -0.2) is 10.8 Å². The van der Waals surface area contributed by atoms with Gasteiger partial charge in [0, 0.05) is 17.5 Å². The van der Waals surface area contributed by atoms with E-state index in [2.05, 4.69) is 6.07 Å². The molecule has 2 aromatic heterocycles. The topological polar surface area (TPSA) is 30.0 Å². The maximum absolute atomic E-state index is 11.7. The third kappa shape index (κ3) is 1.89. The highest BCUT2D eigenvalue weighted by molar-refractivity contribution is 7.20. The van der Waals surface area contributed by atoms with Crippen molar-refractivity contribution in [3.05, 3.63) is 28.3 Å². The number of nitrogens with zero attached hydrogens (tertiary/aromatic N) is 1. The third-order valence-electron chi connectivity index (χ3n) is 3.38. The van der Waals surface area contributed by atoms with Gasteiger partial charge in [0.15, 0.2) is 5.78 Å². The fourth-order valence-corrected chi connectivity index (χ4v) is 3.45. The minimum atomic E-state index is 0.228. The summed E-state index contributed by atoms with van der Waals surface area (Å²) in [6.07, 6.45) is 5.33. The van der Waals surface area contributed by atoms with E-state index < -0.39 is 0 Å².